The maximum Gasteiger partial charge on any atom is 0.404 e. The fraction of sp³-hybridized carbons (Fsp3) is 0.364. The predicted octanol–water partition coefficient (Wildman–Crippen LogP) is 3.06. The number of anilines is 3. The van der Waals surface area contributed by atoms with E-state index in [9.17, 15) is 14.4 Å². The van der Waals surface area contributed by atoms with Crippen LogP contribution in [0.5, 0.6) is 5.88 Å². The summed E-state index contributed by atoms with van der Waals surface area (Å²) < 4.78 is 21.6. The minimum Gasteiger partial charge on any atom is -0.479 e. The van der Waals surface area contributed by atoms with Crippen molar-refractivity contribution in [1.82, 2.24) is 30.3 Å². The van der Waals surface area contributed by atoms with Gasteiger partial charge in [-0.1, -0.05) is 11.6 Å². The highest BCUT2D eigenvalue weighted by Gasteiger charge is 2.33. The fourth-order valence-electron chi connectivity index (χ4n) is 3.97. The molecule has 182 valence electrons. The van der Waals surface area contributed by atoms with E-state index in [-0.39, 0.29) is 29.2 Å². The summed E-state index contributed by atoms with van der Waals surface area (Å²) in [6, 6.07) is 3.84. The summed E-state index contributed by atoms with van der Waals surface area (Å²) in [6.07, 6.45) is 6.27. The number of pyridine rings is 2. The molecule has 1 saturated carbocycles. The van der Waals surface area contributed by atoms with Gasteiger partial charge in [0.15, 0.2) is 17.5 Å². The molecule has 2 atom stereocenters. The first kappa shape index (κ1) is 23.7. The second-order valence-corrected chi connectivity index (χ2v) is 8.15. The van der Waals surface area contributed by atoms with Gasteiger partial charge in [0.05, 0.1) is 43.0 Å². The van der Waals surface area contributed by atoms with Gasteiger partial charge in [-0.15, -0.1) is 5.10 Å². The molecule has 0 spiro atoms. The van der Waals surface area contributed by atoms with Gasteiger partial charge in [0.1, 0.15) is 11.8 Å². The second kappa shape index (κ2) is 10.2. The van der Waals surface area contributed by atoms with E-state index in [1.165, 1.54) is 24.2 Å². The molecule has 1 aliphatic rings. The first-order valence-electron chi connectivity index (χ1n) is 10.9. The van der Waals surface area contributed by atoms with E-state index in [0.717, 1.165) is 25.3 Å². The lowest BCUT2D eigenvalue weighted by Crippen LogP contribution is -2.50. The molecule has 4 N–H and O–H groups in total. The molecule has 35 heavy (non-hydrogen) atoms. The van der Waals surface area contributed by atoms with Crippen LogP contribution in [0.3, 0.4) is 0 Å². The summed E-state index contributed by atoms with van der Waals surface area (Å²) in [6.45, 7) is 1.72. The SMILES string of the molecule is COc1ncc(Nc2nc(N[C@@H](C3CCC3)[C@H](C)NC(=O)O)c(F)cc2C#N)cc1-n1ccnn1. The van der Waals surface area contributed by atoms with E-state index in [2.05, 4.69) is 36.2 Å². The highest BCUT2D eigenvalue weighted by molar-refractivity contribution is 5.67. The normalized spacial score (nSPS) is 14.8. The molecule has 0 unspecified atom stereocenters. The van der Waals surface area contributed by atoms with Gasteiger partial charge in [-0.25, -0.2) is 23.8 Å². The maximum atomic E-state index is 14.9. The summed E-state index contributed by atoms with van der Waals surface area (Å²) in [5.41, 5.74) is 0.935. The van der Waals surface area contributed by atoms with E-state index >= 15 is 0 Å². The standard InChI is InChI=1S/C22H24FN9O3/c1-12(27-22(33)34)18(13-4-3-5-13)29-20-16(23)8-14(10-24)19(30-20)28-15-9-17(21(35-2)25-11-15)32-7-6-26-31-32/h6-9,11-13,18,27H,3-5H2,1-2H3,(H,33,34)(H2,28,29,30)/t12-,18+/m0/s1. The topological polar surface area (TPSA) is 163 Å². The van der Waals surface area contributed by atoms with E-state index in [0.29, 0.717) is 17.3 Å². The van der Waals surface area contributed by atoms with Gasteiger partial charge >= 0.3 is 6.09 Å². The van der Waals surface area contributed by atoms with Crippen molar-refractivity contribution in [1.29, 1.82) is 5.26 Å². The Morgan fingerprint density at radius 3 is 2.77 bits per heavy atom. The molecule has 0 saturated heterocycles. The summed E-state index contributed by atoms with van der Waals surface area (Å²) in [7, 11) is 1.47. The Kier molecular flexibility index (Phi) is 6.91. The van der Waals surface area contributed by atoms with E-state index < -0.39 is 18.0 Å². The Labute approximate surface area is 200 Å². The van der Waals surface area contributed by atoms with Crippen LogP contribution in [0, 0.1) is 23.1 Å². The molecule has 4 rings (SSSR count). The number of carbonyl (C=O) groups is 1. The van der Waals surface area contributed by atoms with Crippen molar-refractivity contribution >= 4 is 23.4 Å². The number of hydrogen-bond acceptors (Lipinski definition) is 9. The number of nitrogens with zero attached hydrogens (tertiary/aromatic N) is 6. The number of ether oxygens (including phenoxy) is 1. The Morgan fingerprint density at radius 1 is 1.37 bits per heavy atom. The second-order valence-electron chi connectivity index (χ2n) is 8.15. The van der Waals surface area contributed by atoms with Gasteiger partial charge < -0.3 is 25.8 Å². The molecular weight excluding hydrogens is 457 g/mol. The minimum atomic E-state index is -1.16. The van der Waals surface area contributed by atoms with Crippen LogP contribution in [-0.2, 0) is 0 Å². The number of halogens is 1. The number of carboxylic acid groups (broad SMARTS) is 1. The molecule has 13 heteroatoms. The number of methoxy groups -OCH3 is 1. The third kappa shape index (κ3) is 5.21. The van der Waals surface area contributed by atoms with Crippen LogP contribution in [0.25, 0.3) is 5.69 Å². The van der Waals surface area contributed by atoms with Crippen molar-refractivity contribution in [3.05, 3.63) is 42.1 Å². The Balaban J connectivity index is 1.64. The highest BCUT2D eigenvalue weighted by atomic mass is 19.1. The summed E-state index contributed by atoms with van der Waals surface area (Å²) in [4.78, 5) is 19.7. The lowest BCUT2D eigenvalue weighted by atomic mass is 9.77. The monoisotopic (exact) mass is 481 g/mol. The average molecular weight is 481 g/mol. The van der Waals surface area contributed by atoms with Crippen molar-refractivity contribution in [3.63, 3.8) is 0 Å². The molecule has 0 aromatic carbocycles. The zero-order chi connectivity index (χ0) is 24.9. The summed E-state index contributed by atoms with van der Waals surface area (Å²) >= 11 is 0. The van der Waals surface area contributed by atoms with Crippen LogP contribution in [0.15, 0.2) is 30.7 Å². The third-order valence-electron chi connectivity index (χ3n) is 5.91. The molecule has 1 aliphatic carbocycles. The van der Waals surface area contributed by atoms with Crippen molar-refractivity contribution < 1.29 is 19.0 Å². The molecule has 3 heterocycles. The van der Waals surface area contributed by atoms with Crippen molar-refractivity contribution in [2.45, 2.75) is 38.3 Å². The maximum absolute atomic E-state index is 14.9. The molecular formula is C22H24FN9O3. The van der Waals surface area contributed by atoms with Gasteiger partial charge in [-0.3, -0.25) is 0 Å². The van der Waals surface area contributed by atoms with E-state index in [4.69, 9.17) is 9.84 Å². The molecule has 1 amide bonds. The van der Waals surface area contributed by atoms with Crippen molar-refractivity contribution in [2.75, 3.05) is 17.7 Å². The molecule has 0 aliphatic heterocycles. The third-order valence-corrected chi connectivity index (χ3v) is 5.91. The number of hydrogen-bond donors (Lipinski definition) is 4. The Morgan fingerprint density at radius 2 is 2.17 bits per heavy atom. The zero-order valence-electron chi connectivity index (χ0n) is 19.1. The quantitative estimate of drug-likeness (QED) is 0.357. The molecule has 1 fully saturated rings. The zero-order valence-corrected chi connectivity index (χ0v) is 19.1. The highest BCUT2D eigenvalue weighted by Crippen LogP contribution is 2.34. The van der Waals surface area contributed by atoms with Gasteiger partial charge in [0.2, 0.25) is 5.88 Å². The van der Waals surface area contributed by atoms with Crippen molar-refractivity contribution in [2.24, 2.45) is 5.92 Å². The van der Waals surface area contributed by atoms with Crippen LogP contribution in [0.4, 0.5) is 26.5 Å². The molecule has 0 bridgehead atoms. The average Bonchev–Trinajstić information content (AvgIpc) is 3.33. The Bertz CT molecular complexity index is 1240. The lowest BCUT2D eigenvalue weighted by molar-refractivity contribution is 0.180. The smallest absolute Gasteiger partial charge is 0.404 e. The van der Waals surface area contributed by atoms with Crippen LogP contribution in [0.1, 0.15) is 31.7 Å². The number of nitriles is 1. The first-order chi connectivity index (χ1) is 16.9. The predicted molar refractivity (Wildman–Crippen MR) is 123 cm³/mol. The largest absolute Gasteiger partial charge is 0.479 e. The van der Waals surface area contributed by atoms with E-state index in [1.54, 1.807) is 19.2 Å². The summed E-state index contributed by atoms with van der Waals surface area (Å²) in [5.74, 6) is -0.213. The summed E-state index contributed by atoms with van der Waals surface area (Å²) in [5, 5.41) is 34.9. The fourth-order valence-corrected chi connectivity index (χ4v) is 3.97. The molecule has 0 radical (unpaired) electrons. The van der Waals surface area contributed by atoms with Crippen LogP contribution in [0.2, 0.25) is 0 Å². The molecule has 3 aromatic rings. The van der Waals surface area contributed by atoms with Gasteiger partial charge in [-0.2, -0.15) is 5.26 Å². The van der Waals surface area contributed by atoms with Crippen LogP contribution in [-0.4, -0.2) is 55.4 Å². The van der Waals surface area contributed by atoms with Gasteiger partial charge in [-0.05, 0) is 37.8 Å². The van der Waals surface area contributed by atoms with Gasteiger partial charge in [0.25, 0.3) is 0 Å². The molecule has 12 nitrogen and oxygen atoms in total. The minimum absolute atomic E-state index is 0.0110. The number of aromatic nitrogens is 5. The Hall–Kier alpha value is -4.47. The van der Waals surface area contributed by atoms with E-state index in [1.807, 2.05) is 6.07 Å². The molecule has 3 aromatic heterocycles. The van der Waals surface area contributed by atoms with Crippen LogP contribution >= 0.6 is 0 Å². The number of amides is 1. The van der Waals surface area contributed by atoms with Crippen molar-refractivity contribution in [3.8, 4) is 17.6 Å². The number of rotatable bonds is 9. The van der Waals surface area contributed by atoms with Crippen LogP contribution < -0.4 is 20.7 Å². The van der Waals surface area contributed by atoms with Gasteiger partial charge in [0, 0.05) is 6.04 Å². The lowest BCUT2D eigenvalue weighted by Gasteiger charge is -2.38. The first-order valence-corrected chi connectivity index (χ1v) is 10.9. The number of nitrogens with one attached hydrogen (secondary N) is 3.